The molecule has 0 unspecified atom stereocenters. The van der Waals surface area contributed by atoms with E-state index in [-0.39, 0.29) is 5.41 Å². The highest BCUT2D eigenvalue weighted by Gasteiger charge is 2.36. The molecule has 0 fully saturated rings. The molecule has 0 spiro atoms. The zero-order valence-electron chi connectivity index (χ0n) is 36.0. The molecule has 0 heterocycles. The zero-order valence-corrected chi connectivity index (χ0v) is 36.0. The number of rotatable bonds is 7. The highest BCUT2D eigenvalue weighted by Crippen LogP contribution is 2.53. The van der Waals surface area contributed by atoms with E-state index in [1.54, 1.807) is 0 Å². The number of benzene rings is 11. The van der Waals surface area contributed by atoms with E-state index >= 15 is 0 Å². The molecule has 1 heteroatoms. The smallest absolute Gasteiger partial charge is 0.0546 e. The fraction of sp³-hybridized carbons (Fsp3) is 0.0476. The van der Waals surface area contributed by atoms with Crippen LogP contribution in [0.1, 0.15) is 25.0 Å². The van der Waals surface area contributed by atoms with Crippen molar-refractivity contribution in [3.05, 3.63) is 248 Å². The van der Waals surface area contributed by atoms with Crippen LogP contribution in [0.3, 0.4) is 0 Å². The van der Waals surface area contributed by atoms with Crippen molar-refractivity contribution >= 4 is 49.4 Å². The van der Waals surface area contributed by atoms with Crippen molar-refractivity contribution < 1.29 is 0 Å². The Kier molecular flexibility index (Phi) is 8.91. The van der Waals surface area contributed by atoms with Crippen LogP contribution in [0.15, 0.2) is 237 Å². The highest BCUT2D eigenvalue weighted by molar-refractivity contribution is 6.16. The Bertz CT molecular complexity index is 3600. The van der Waals surface area contributed by atoms with Gasteiger partial charge in [-0.05, 0) is 130 Å². The van der Waals surface area contributed by atoms with E-state index < -0.39 is 0 Å². The fourth-order valence-electron chi connectivity index (χ4n) is 10.5. The Morgan fingerprint density at radius 1 is 0.297 bits per heavy atom. The molecule has 1 aliphatic carbocycles. The summed E-state index contributed by atoms with van der Waals surface area (Å²) in [5, 5.41) is 7.43. The molecule has 1 aliphatic rings. The summed E-state index contributed by atoms with van der Waals surface area (Å²) in [4.78, 5) is 2.54. The van der Waals surface area contributed by atoms with E-state index in [0.717, 1.165) is 22.6 Å². The van der Waals surface area contributed by atoms with Gasteiger partial charge in [-0.2, -0.15) is 0 Å². The summed E-state index contributed by atoms with van der Waals surface area (Å²) in [5.74, 6) is 0. The lowest BCUT2D eigenvalue weighted by atomic mass is 9.82. The third-order valence-electron chi connectivity index (χ3n) is 13.6. The Hall–Kier alpha value is -8.00. The Balaban J connectivity index is 1.18. The maximum atomic E-state index is 2.54. The molecule has 0 atom stereocenters. The number of hydrogen-bond donors (Lipinski definition) is 0. The SMILES string of the molecule is CC1(C)c2ccccc2-c2ccc(N(c3ccccc3-c3ccc4ccccc4c3)c3cccc(-c4cc5ccccc5c5ccccc45)c3-c3cccc(-c4ccccc4)c3)cc21. The normalized spacial score (nSPS) is 12.7. The average Bonchev–Trinajstić information content (AvgIpc) is 3.59. The van der Waals surface area contributed by atoms with Gasteiger partial charge in [-0.15, -0.1) is 0 Å². The molecule has 1 nitrogen and oxygen atoms in total. The van der Waals surface area contributed by atoms with Gasteiger partial charge in [0.2, 0.25) is 0 Å². The van der Waals surface area contributed by atoms with Gasteiger partial charge in [-0.25, -0.2) is 0 Å². The second-order valence-corrected chi connectivity index (χ2v) is 17.7. The van der Waals surface area contributed by atoms with Crippen LogP contribution in [0.25, 0.3) is 88.0 Å². The minimum Gasteiger partial charge on any atom is -0.309 e. The predicted octanol–water partition coefficient (Wildman–Crippen LogP) is 17.6. The second kappa shape index (κ2) is 15.1. The number of fused-ring (bicyclic) bond motifs is 7. The maximum absolute atomic E-state index is 2.54. The zero-order chi connectivity index (χ0) is 42.8. The molecule has 12 rings (SSSR count). The lowest BCUT2D eigenvalue weighted by molar-refractivity contribution is 0.660. The topological polar surface area (TPSA) is 3.24 Å². The van der Waals surface area contributed by atoms with E-state index in [0.29, 0.717) is 0 Å². The molecule has 0 N–H and O–H groups in total. The lowest BCUT2D eigenvalue weighted by Gasteiger charge is -2.32. The van der Waals surface area contributed by atoms with Crippen LogP contribution >= 0.6 is 0 Å². The molecule has 64 heavy (non-hydrogen) atoms. The van der Waals surface area contributed by atoms with Crippen molar-refractivity contribution in [1.29, 1.82) is 0 Å². The number of para-hydroxylation sites is 1. The molecule has 0 amide bonds. The van der Waals surface area contributed by atoms with Crippen LogP contribution in [0.4, 0.5) is 17.1 Å². The molecule has 11 aromatic carbocycles. The quantitative estimate of drug-likeness (QED) is 0.145. The Morgan fingerprint density at radius 2 is 0.906 bits per heavy atom. The highest BCUT2D eigenvalue weighted by atomic mass is 15.1. The van der Waals surface area contributed by atoms with Gasteiger partial charge in [0.15, 0.2) is 0 Å². The van der Waals surface area contributed by atoms with Crippen molar-refractivity contribution in [2.24, 2.45) is 0 Å². The van der Waals surface area contributed by atoms with Crippen LogP contribution < -0.4 is 4.90 Å². The lowest BCUT2D eigenvalue weighted by Crippen LogP contribution is -2.17. The van der Waals surface area contributed by atoms with Gasteiger partial charge in [0, 0.05) is 22.2 Å². The van der Waals surface area contributed by atoms with Crippen LogP contribution in [-0.2, 0) is 5.41 Å². The van der Waals surface area contributed by atoms with E-state index in [1.165, 1.54) is 93.5 Å². The number of hydrogen-bond acceptors (Lipinski definition) is 1. The number of anilines is 3. The van der Waals surface area contributed by atoms with E-state index in [9.17, 15) is 0 Å². The van der Waals surface area contributed by atoms with Crippen LogP contribution in [0, 0.1) is 0 Å². The van der Waals surface area contributed by atoms with Crippen LogP contribution in [0.5, 0.6) is 0 Å². The molecule has 0 aromatic heterocycles. The molecular formula is C63H45N. The third kappa shape index (κ3) is 6.15. The number of nitrogens with zero attached hydrogens (tertiary/aromatic N) is 1. The summed E-state index contributed by atoms with van der Waals surface area (Å²) in [5.41, 5.74) is 18.0. The standard InChI is InChI=1S/C63H45N/c1-63(2)58-31-14-12-29-54(58)55-37-36-49(41-59(55)63)64(60-32-15-13-26-51(60)47-35-34-43-20-6-7-21-44(43)38-47)61-33-17-30-56(62(61)48-24-16-23-45(39-48)42-18-4-3-5-19-42)57-40-46-22-8-9-25-50(46)52-27-10-11-28-53(52)57/h3-41H,1-2H3. The van der Waals surface area contributed by atoms with Gasteiger partial charge < -0.3 is 4.90 Å². The Morgan fingerprint density at radius 3 is 1.77 bits per heavy atom. The molecule has 0 aliphatic heterocycles. The molecule has 11 aromatic rings. The molecule has 0 bridgehead atoms. The largest absolute Gasteiger partial charge is 0.309 e. The summed E-state index contributed by atoms with van der Waals surface area (Å²) in [7, 11) is 0. The van der Waals surface area contributed by atoms with Gasteiger partial charge in [0.25, 0.3) is 0 Å². The summed E-state index contributed by atoms with van der Waals surface area (Å²) < 4.78 is 0. The van der Waals surface area contributed by atoms with Crippen molar-refractivity contribution in [1.82, 2.24) is 0 Å². The first-order chi connectivity index (χ1) is 31.5. The van der Waals surface area contributed by atoms with Crippen molar-refractivity contribution in [3.8, 4) is 55.6 Å². The summed E-state index contributed by atoms with van der Waals surface area (Å²) >= 11 is 0. The summed E-state index contributed by atoms with van der Waals surface area (Å²) in [6.07, 6.45) is 0. The van der Waals surface area contributed by atoms with Gasteiger partial charge in [0.05, 0.1) is 11.4 Å². The monoisotopic (exact) mass is 815 g/mol. The van der Waals surface area contributed by atoms with Gasteiger partial charge in [0.1, 0.15) is 0 Å². The van der Waals surface area contributed by atoms with Crippen LogP contribution in [-0.4, -0.2) is 0 Å². The van der Waals surface area contributed by atoms with Crippen LogP contribution in [0.2, 0.25) is 0 Å². The van der Waals surface area contributed by atoms with Gasteiger partial charge in [-0.1, -0.05) is 208 Å². The maximum Gasteiger partial charge on any atom is 0.0546 e. The van der Waals surface area contributed by atoms with E-state index in [1.807, 2.05) is 0 Å². The summed E-state index contributed by atoms with van der Waals surface area (Å²) in [6.45, 7) is 4.75. The molecule has 302 valence electrons. The molecule has 0 saturated carbocycles. The second-order valence-electron chi connectivity index (χ2n) is 17.7. The fourth-order valence-corrected chi connectivity index (χ4v) is 10.5. The first-order valence-corrected chi connectivity index (χ1v) is 22.3. The van der Waals surface area contributed by atoms with Gasteiger partial charge >= 0.3 is 0 Å². The summed E-state index contributed by atoms with van der Waals surface area (Å²) in [6, 6.07) is 87.6. The first-order valence-electron chi connectivity index (χ1n) is 22.3. The predicted molar refractivity (Wildman–Crippen MR) is 273 cm³/mol. The molecule has 0 saturated heterocycles. The van der Waals surface area contributed by atoms with E-state index in [4.69, 9.17) is 0 Å². The van der Waals surface area contributed by atoms with Crippen molar-refractivity contribution in [2.75, 3.05) is 4.90 Å². The first kappa shape index (κ1) is 37.7. The van der Waals surface area contributed by atoms with Gasteiger partial charge in [-0.3, -0.25) is 0 Å². The van der Waals surface area contributed by atoms with E-state index in [2.05, 4.69) is 255 Å². The minimum atomic E-state index is -0.176. The Labute approximate surface area is 375 Å². The average molecular weight is 816 g/mol. The van der Waals surface area contributed by atoms with Crippen molar-refractivity contribution in [3.63, 3.8) is 0 Å². The molecule has 0 radical (unpaired) electrons. The van der Waals surface area contributed by atoms with Crippen molar-refractivity contribution in [2.45, 2.75) is 19.3 Å². The minimum absolute atomic E-state index is 0.176. The molecular weight excluding hydrogens is 771 g/mol. The third-order valence-corrected chi connectivity index (χ3v) is 13.6.